The maximum atomic E-state index is 13.2. The molecule has 4 nitrogen and oxygen atoms in total. The van der Waals surface area contributed by atoms with Crippen molar-refractivity contribution < 1.29 is 19.1 Å². The molecule has 0 N–H and O–H groups in total. The van der Waals surface area contributed by atoms with Crippen LogP contribution in [0.5, 0.6) is 17.2 Å². The maximum Gasteiger partial charge on any atom is 0.193 e. The van der Waals surface area contributed by atoms with Crippen LogP contribution in [0.15, 0.2) is 145 Å². The topological polar surface area (TPSA) is 52.6 Å². The summed E-state index contributed by atoms with van der Waals surface area (Å²) >= 11 is 12.7. The summed E-state index contributed by atoms with van der Waals surface area (Å²) in [5.74, 6) is 1.84. The number of carbonyl (C=O) groups is 2. The monoisotopic (exact) mass is 730 g/mol. The van der Waals surface area contributed by atoms with Crippen molar-refractivity contribution in [1.29, 1.82) is 0 Å². The highest BCUT2D eigenvalue weighted by molar-refractivity contribution is 6.31. The lowest BCUT2D eigenvalue weighted by atomic mass is 9.91. The van der Waals surface area contributed by atoms with Gasteiger partial charge >= 0.3 is 0 Å². The molecule has 0 amide bonds. The van der Waals surface area contributed by atoms with Crippen LogP contribution in [0, 0.1) is 0 Å². The van der Waals surface area contributed by atoms with Gasteiger partial charge in [-0.3, -0.25) is 9.59 Å². The molecule has 0 fully saturated rings. The Hall–Kier alpha value is -4.90. The lowest BCUT2D eigenvalue weighted by Gasteiger charge is -2.30. The number of benzene rings is 5. The van der Waals surface area contributed by atoms with E-state index < -0.39 is 10.5 Å². The molecule has 266 valence electrons. The molecular weight excluding hydrogens is 687 g/mol. The maximum absolute atomic E-state index is 13.2. The smallest absolute Gasteiger partial charge is 0.193 e. The first-order valence-electron chi connectivity index (χ1n) is 17.5. The molecule has 0 aliphatic rings. The van der Waals surface area contributed by atoms with E-state index in [4.69, 9.17) is 32.7 Å². The molecule has 0 radical (unpaired) electrons. The lowest BCUT2D eigenvalue weighted by molar-refractivity contribution is 0.0826. The highest BCUT2D eigenvalue weighted by Gasteiger charge is 2.27. The molecule has 2 unspecified atom stereocenters. The second-order valence-corrected chi connectivity index (χ2v) is 14.5. The SMILES string of the molecule is C=C(/C=C\C(Cl)=C/C)C(=O)c1ccc(C(C)(CC)Oc2ccc3cc(Oc4ccc(C(=O)c5ccc(C(C)(Cl)CCC)cc5)cc4)ccc3c2)cc1. The van der Waals surface area contributed by atoms with Gasteiger partial charge in [-0.15, -0.1) is 11.6 Å². The summed E-state index contributed by atoms with van der Waals surface area (Å²) in [6, 6.07) is 34.1. The number of allylic oxidation sites excluding steroid dienone is 5. The van der Waals surface area contributed by atoms with Gasteiger partial charge in [0.1, 0.15) is 22.8 Å². The van der Waals surface area contributed by atoms with Gasteiger partial charge in [0.2, 0.25) is 0 Å². The molecular formula is C46H44Cl2O4. The van der Waals surface area contributed by atoms with Crippen LogP contribution in [0.25, 0.3) is 10.8 Å². The van der Waals surface area contributed by atoms with E-state index >= 15 is 0 Å². The molecule has 2 atom stereocenters. The number of Topliss-reactive ketones (excluding diaryl/α,β-unsaturated/α-hetero) is 1. The van der Waals surface area contributed by atoms with Crippen molar-refractivity contribution in [3.63, 3.8) is 0 Å². The normalized spacial score (nSPS) is 14.1. The van der Waals surface area contributed by atoms with Gasteiger partial charge in [-0.2, -0.15) is 0 Å². The van der Waals surface area contributed by atoms with E-state index in [1.165, 1.54) is 0 Å². The summed E-state index contributed by atoms with van der Waals surface area (Å²) in [5, 5.41) is 2.54. The minimum atomic E-state index is -0.619. The quantitative estimate of drug-likeness (QED) is 0.0466. The summed E-state index contributed by atoms with van der Waals surface area (Å²) in [5.41, 5.74) is 3.45. The number of hydrogen-bond acceptors (Lipinski definition) is 4. The van der Waals surface area contributed by atoms with E-state index in [9.17, 15) is 9.59 Å². The largest absolute Gasteiger partial charge is 0.483 e. The standard InChI is InChI=1S/C46H44Cl2O4/c1-7-28-45(5,48)37-19-11-33(12-20-37)44(50)34-15-24-40(25-16-34)51-41-26-17-36-30-42(27-18-35(36)29-41)52-46(6,9-3)38-21-13-32(14-22-38)43(49)31(4)10-23-39(47)8-2/h8,10-27,29-30H,4,7,9,28H2,1-3,5-6H3/b23-10-,39-8+. The van der Waals surface area contributed by atoms with Gasteiger partial charge in [-0.25, -0.2) is 0 Å². The van der Waals surface area contributed by atoms with E-state index in [0.29, 0.717) is 45.2 Å². The third-order valence-corrected chi connectivity index (χ3v) is 10.1. The molecule has 0 bridgehead atoms. The molecule has 52 heavy (non-hydrogen) atoms. The van der Waals surface area contributed by atoms with Crippen LogP contribution < -0.4 is 9.47 Å². The van der Waals surface area contributed by atoms with Crippen molar-refractivity contribution in [1.82, 2.24) is 0 Å². The number of halogens is 2. The first kappa shape index (κ1) is 38.3. The minimum Gasteiger partial charge on any atom is -0.483 e. The molecule has 5 aromatic carbocycles. The van der Waals surface area contributed by atoms with Crippen molar-refractivity contribution in [3.8, 4) is 17.2 Å². The zero-order valence-corrected chi connectivity index (χ0v) is 31.9. The molecule has 0 saturated carbocycles. The number of fused-ring (bicyclic) bond motifs is 1. The molecule has 0 aliphatic carbocycles. The lowest BCUT2D eigenvalue weighted by Crippen LogP contribution is -2.28. The zero-order chi connectivity index (χ0) is 37.5. The van der Waals surface area contributed by atoms with Gasteiger partial charge in [-0.05, 0) is 110 Å². The molecule has 0 aliphatic heterocycles. The minimum absolute atomic E-state index is 0.0545. The number of ether oxygens (including phenoxy) is 2. The third kappa shape index (κ3) is 9.11. The summed E-state index contributed by atoms with van der Waals surface area (Å²) in [7, 11) is 0. The number of ketones is 2. The van der Waals surface area contributed by atoms with Gasteiger partial charge in [-0.1, -0.05) is 111 Å². The van der Waals surface area contributed by atoms with Crippen molar-refractivity contribution >= 4 is 45.5 Å². The second kappa shape index (κ2) is 16.6. The highest BCUT2D eigenvalue weighted by Crippen LogP contribution is 2.36. The first-order valence-corrected chi connectivity index (χ1v) is 18.3. The summed E-state index contributed by atoms with van der Waals surface area (Å²) < 4.78 is 12.8. The van der Waals surface area contributed by atoms with E-state index in [2.05, 4.69) is 20.4 Å². The van der Waals surface area contributed by atoms with Crippen LogP contribution in [-0.2, 0) is 10.5 Å². The predicted molar refractivity (Wildman–Crippen MR) is 215 cm³/mol. The molecule has 0 heterocycles. The third-order valence-electron chi connectivity index (χ3n) is 9.39. The zero-order valence-electron chi connectivity index (χ0n) is 30.3. The van der Waals surface area contributed by atoms with Crippen LogP contribution in [0.3, 0.4) is 0 Å². The molecule has 0 spiro atoms. The number of alkyl halides is 1. The average Bonchev–Trinajstić information content (AvgIpc) is 3.16. The predicted octanol–water partition coefficient (Wildman–Crippen LogP) is 13.3. The summed E-state index contributed by atoms with van der Waals surface area (Å²) in [6.07, 6.45) is 7.59. The number of carbonyl (C=O) groups excluding carboxylic acids is 2. The van der Waals surface area contributed by atoms with Crippen LogP contribution in [0.2, 0.25) is 0 Å². The Morgan fingerprint density at radius 3 is 1.81 bits per heavy atom. The van der Waals surface area contributed by atoms with Gasteiger partial charge in [0.05, 0.1) is 4.87 Å². The van der Waals surface area contributed by atoms with Crippen molar-refractivity contribution in [2.75, 3.05) is 0 Å². The molecule has 5 aromatic rings. The molecule has 0 aromatic heterocycles. The van der Waals surface area contributed by atoms with Gasteiger partial charge in [0, 0.05) is 27.3 Å². The van der Waals surface area contributed by atoms with Crippen LogP contribution in [0.1, 0.15) is 91.3 Å². The Bertz CT molecular complexity index is 2130. The van der Waals surface area contributed by atoms with Gasteiger partial charge < -0.3 is 9.47 Å². The van der Waals surface area contributed by atoms with Gasteiger partial charge in [0.15, 0.2) is 11.6 Å². The van der Waals surface area contributed by atoms with E-state index in [1.807, 2.05) is 118 Å². The molecule has 6 heteroatoms. The summed E-state index contributed by atoms with van der Waals surface area (Å²) in [4.78, 5) is 25.6. The second-order valence-electron chi connectivity index (χ2n) is 13.3. The number of hydrogen-bond donors (Lipinski definition) is 0. The highest BCUT2D eigenvalue weighted by atomic mass is 35.5. The van der Waals surface area contributed by atoms with Crippen LogP contribution in [-0.4, -0.2) is 11.6 Å². The van der Waals surface area contributed by atoms with Crippen molar-refractivity contribution in [3.05, 3.63) is 172 Å². The van der Waals surface area contributed by atoms with Crippen molar-refractivity contribution in [2.24, 2.45) is 0 Å². The summed E-state index contributed by atoms with van der Waals surface area (Å²) in [6.45, 7) is 14.0. The Kier molecular flexibility index (Phi) is 12.3. The first-order chi connectivity index (χ1) is 24.8. The fraction of sp³-hybridized carbons (Fsp3) is 0.217. The Balaban J connectivity index is 1.23. The Morgan fingerprint density at radius 1 is 0.712 bits per heavy atom. The Labute approximate surface area is 317 Å². The average molecular weight is 732 g/mol. The fourth-order valence-corrected chi connectivity index (χ4v) is 6.37. The van der Waals surface area contributed by atoms with Crippen molar-refractivity contribution in [2.45, 2.75) is 64.4 Å². The van der Waals surface area contributed by atoms with Crippen LogP contribution >= 0.6 is 23.2 Å². The van der Waals surface area contributed by atoms with Gasteiger partial charge in [0.25, 0.3) is 0 Å². The fourth-order valence-electron chi connectivity index (χ4n) is 6.00. The van der Waals surface area contributed by atoms with Crippen LogP contribution in [0.4, 0.5) is 0 Å². The van der Waals surface area contributed by atoms with E-state index in [-0.39, 0.29) is 11.6 Å². The molecule has 0 saturated heterocycles. The van der Waals surface area contributed by atoms with E-state index in [0.717, 1.165) is 40.5 Å². The number of rotatable bonds is 15. The molecule has 5 rings (SSSR count). The van der Waals surface area contributed by atoms with E-state index in [1.54, 1.807) is 30.4 Å². The Morgan fingerprint density at radius 2 is 1.23 bits per heavy atom.